The van der Waals surface area contributed by atoms with Gasteiger partial charge in [-0.1, -0.05) is 0 Å². The molecule has 1 aromatic heterocycles. The molecule has 0 N–H and O–H groups in total. The summed E-state index contributed by atoms with van der Waals surface area (Å²) >= 11 is 0. The predicted octanol–water partition coefficient (Wildman–Crippen LogP) is 0.839. The first-order valence-electron chi connectivity index (χ1n) is 5.68. The number of carbonyl (C=O) groups is 1. The zero-order valence-corrected chi connectivity index (χ0v) is 9.89. The molecule has 17 heavy (non-hydrogen) atoms. The van der Waals surface area contributed by atoms with Crippen molar-refractivity contribution < 1.29 is 14.3 Å². The average molecular weight is 236 g/mol. The molecule has 1 aromatic rings. The van der Waals surface area contributed by atoms with Gasteiger partial charge in [-0.05, 0) is 12.1 Å². The third kappa shape index (κ3) is 3.51. The molecule has 0 amide bonds. The van der Waals surface area contributed by atoms with E-state index in [1.807, 2.05) is 0 Å². The number of pyridine rings is 1. The standard InChI is InChI=1S/C12H16N2O3/c1-10(15)17-12-3-2-4-13-11(12)9-14-5-7-16-8-6-14/h2-4H,5-9H2,1H3. The van der Waals surface area contributed by atoms with Crippen LogP contribution in [0.15, 0.2) is 18.3 Å². The van der Waals surface area contributed by atoms with E-state index in [1.54, 1.807) is 18.3 Å². The minimum absolute atomic E-state index is 0.318. The molecule has 0 saturated carbocycles. The van der Waals surface area contributed by atoms with Gasteiger partial charge in [-0.15, -0.1) is 0 Å². The van der Waals surface area contributed by atoms with Gasteiger partial charge >= 0.3 is 5.97 Å². The Labute approximate surface area is 100 Å². The van der Waals surface area contributed by atoms with Gasteiger partial charge in [-0.2, -0.15) is 0 Å². The summed E-state index contributed by atoms with van der Waals surface area (Å²) in [6.07, 6.45) is 1.71. The molecule has 1 aliphatic heterocycles. The van der Waals surface area contributed by atoms with Crippen LogP contribution in [0, 0.1) is 0 Å². The molecule has 92 valence electrons. The minimum Gasteiger partial charge on any atom is -0.425 e. The van der Waals surface area contributed by atoms with Crippen LogP contribution in [0.1, 0.15) is 12.6 Å². The quantitative estimate of drug-likeness (QED) is 0.728. The fourth-order valence-corrected chi connectivity index (χ4v) is 1.76. The summed E-state index contributed by atoms with van der Waals surface area (Å²) in [5, 5.41) is 0. The van der Waals surface area contributed by atoms with E-state index in [0.717, 1.165) is 32.0 Å². The van der Waals surface area contributed by atoms with Crippen molar-refractivity contribution >= 4 is 5.97 Å². The Bertz CT molecular complexity index is 389. The Hall–Kier alpha value is -1.46. The van der Waals surface area contributed by atoms with Crippen molar-refractivity contribution in [2.45, 2.75) is 13.5 Å². The van der Waals surface area contributed by atoms with E-state index in [1.165, 1.54) is 6.92 Å². The fraction of sp³-hybridized carbons (Fsp3) is 0.500. The summed E-state index contributed by atoms with van der Waals surface area (Å²) in [7, 11) is 0. The van der Waals surface area contributed by atoms with Gasteiger partial charge in [0.05, 0.1) is 18.9 Å². The second-order valence-corrected chi connectivity index (χ2v) is 3.93. The first-order valence-corrected chi connectivity index (χ1v) is 5.68. The third-order valence-corrected chi connectivity index (χ3v) is 2.58. The number of nitrogens with zero attached hydrogens (tertiary/aromatic N) is 2. The van der Waals surface area contributed by atoms with Crippen LogP contribution in [-0.2, 0) is 16.1 Å². The molecule has 0 spiro atoms. The molecule has 0 radical (unpaired) electrons. The number of hydrogen-bond donors (Lipinski definition) is 0. The minimum atomic E-state index is -0.318. The predicted molar refractivity (Wildman–Crippen MR) is 61.6 cm³/mol. The molecule has 1 fully saturated rings. The zero-order chi connectivity index (χ0) is 12.1. The van der Waals surface area contributed by atoms with Gasteiger partial charge in [0, 0.05) is 32.8 Å². The summed E-state index contributed by atoms with van der Waals surface area (Å²) in [6.45, 7) is 5.34. The molecule has 2 heterocycles. The van der Waals surface area contributed by atoms with Crippen LogP contribution in [0.2, 0.25) is 0 Å². The van der Waals surface area contributed by atoms with Crippen LogP contribution in [0.25, 0.3) is 0 Å². The number of aromatic nitrogens is 1. The topological polar surface area (TPSA) is 51.7 Å². The Morgan fingerprint density at radius 3 is 3.00 bits per heavy atom. The van der Waals surface area contributed by atoms with Gasteiger partial charge < -0.3 is 9.47 Å². The SMILES string of the molecule is CC(=O)Oc1cccnc1CN1CCOCC1. The number of carbonyl (C=O) groups excluding carboxylic acids is 1. The van der Waals surface area contributed by atoms with Crippen molar-refractivity contribution in [1.82, 2.24) is 9.88 Å². The summed E-state index contributed by atoms with van der Waals surface area (Å²) in [5.41, 5.74) is 0.796. The number of morpholine rings is 1. The maximum atomic E-state index is 11.0. The zero-order valence-electron chi connectivity index (χ0n) is 9.89. The molecule has 0 aliphatic carbocycles. The maximum absolute atomic E-state index is 11.0. The molecule has 5 heteroatoms. The van der Waals surface area contributed by atoms with Gasteiger partial charge in [0.15, 0.2) is 5.75 Å². The molecule has 2 rings (SSSR count). The van der Waals surface area contributed by atoms with E-state index in [9.17, 15) is 4.79 Å². The second kappa shape index (κ2) is 5.75. The molecule has 0 unspecified atom stereocenters. The fourth-order valence-electron chi connectivity index (χ4n) is 1.76. The highest BCUT2D eigenvalue weighted by atomic mass is 16.5. The highest BCUT2D eigenvalue weighted by molar-refractivity contribution is 5.69. The van der Waals surface area contributed by atoms with E-state index in [0.29, 0.717) is 12.3 Å². The van der Waals surface area contributed by atoms with Crippen LogP contribution in [-0.4, -0.2) is 42.2 Å². The van der Waals surface area contributed by atoms with Crippen molar-refractivity contribution in [2.24, 2.45) is 0 Å². The molecule has 0 bridgehead atoms. The van der Waals surface area contributed by atoms with Gasteiger partial charge in [0.25, 0.3) is 0 Å². The van der Waals surface area contributed by atoms with E-state index in [-0.39, 0.29) is 5.97 Å². The lowest BCUT2D eigenvalue weighted by molar-refractivity contribution is -0.132. The van der Waals surface area contributed by atoms with Crippen molar-refractivity contribution in [1.29, 1.82) is 0 Å². The summed E-state index contributed by atoms with van der Waals surface area (Å²) in [5.74, 6) is 0.229. The van der Waals surface area contributed by atoms with E-state index < -0.39 is 0 Å². The normalized spacial score (nSPS) is 16.8. The summed E-state index contributed by atoms with van der Waals surface area (Å²) < 4.78 is 10.4. The van der Waals surface area contributed by atoms with Crippen molar-refractivity contribution in [3.63, 3.8) is 0 Å². The second-order valence-electron chi connectivity index (χ2n) is 3.93. The Kier molecular flexibility index (Phi) is 4.06. The summed E-state index contributed by atoms with van der Waals surface area (Å²) in [4.78, 5) is 17.5. The van der Waals surface area contributed by atoms with E-state index in [4.69, 9.17) is 9.47 Å². The average Bonchev–Trinajstić information content (AvgIpc) is 2.32. The molecule has 0 atom stereocenters. The molecule has 0 aromatic carbocycles. The van der Waals surface area contributed by atoms with Crippen molar-refractivity contribution in [3.05, 3.63) is 24.0 Å². The number of esters is 1. The van der Waals surface area contributed by atoms with Crippen LogP contribution in [0.4, 0.5) is 0 Å². The van der Waals surface area contributed by atoms with Gasteiger partial charge in [-0.25, -0.2) is 0 Å². The Morgan fingerprint density at radius 1 is 1.53 bits per heavy atom. The largest absolute Gasteiger partial charge is 0.425 e. The molecule has 1 aliphatic rings. The number of hydrogen-bond acceptors (Lipinski definition) is 5. The number of ether oxygens (including phenoxy) is 2. The number of rotatable bonds is 3. The lowest BCUT2D eigenvalue weighted by atomic mass is 10.3. The molecular formula is C12H16N2O3. The smallest absolute Gasteiger partial charge is 0.308 e. The first kappa shape index (κ1) is 12.0. The lowest BCUT2D eigenvalue weighted by Crippen LogP contribution is -2.36. The highest BCUT2D eigenvalue weighted by Crippen LogP contribution is 2.17. The highest BCUT2D eigenvalue weighted by Gasteiger charge is 2.14. The monoisotopic (exact) mass is 236 g/mol. The van der Waals surface area contributed by atoms with Gasteiger partial charge in [0.1, 0.15) is 0 Å². The van der Waals surface area contributed by atoms with Gasteiger partial charge in [0.2, 0.25) is 0 Å². The van der Waals surface area contributed by atoms with E-state index >= 15 is 0 Å². The first-order chi connectivity index (χ1) is 8.25. The Morgan fingerprint density at radius 2 is 2.29 bits per heavy atom. The molecular weight excluding hydrogens is 220 g/mol. The van der Waals surface area contributed by atoms with Crippen LogP contribution in [0.5, 0.6) is 5.75 Å². The maximum Gasteiger partial charge on any atom is 0.308 e. The van der Waals surface area contributed by atoms with E-state index in [2.05, 4.69) is 9.88 Å². The van der Waals surface area contributed by atoms with Gasteiger partial charge in [-0.3, -0.25) is 14.7 Å². The lowest BCUT2D eigenvalue weighted by Gasteiger charge is -2.26. The van der Waals surface area contributed by atoms with Crippen molar-refractivity contribution in [2.75, 3.05) is 26.3 Å². The summed E-state index contributed by atoms with van der Waals surface area (Å²) in [6, 6.07) is 3.53. The third-order valence-electron chi connectivity index (χ3n) is 2.58. The van der Waals surface area contributed by atoms with Crippen molar-refractivity contribution in [3.8, 4) is 5.75 Å². The van der Waals surface area contributed by atoms with Crippen LogP contribution in [0.3, 0.4) is 0 Å². The van der Waals surface area contributed by atoms with Crippen LogP contribution < -0.4 is 4.74 Å². The van der Waals surface area contributed by atoms with Crippen LogP contribution >= 0.6 is 0 Å². The Balaban J connectivity index is 2.05. The molecule has 1 saturated heterocycles. The molecule has 5 nitrogen and oxygen atoms in total.